The maximum absolute atomic E-state index is 11.9. The summed E-state index contributed by atoms with van der Waals surface area (Å²) < 4.78 is 5.29. The molecule has 1 aromatic heterocycles. The average molecular weight is 272 g/mol. The van der Waals surface area contributed by atoms with E-state index < -0.39 is 0 Å². The number of hydrogen-bond donors (Lipinski definition) is 2. The van der Waals surface area contributed by atoms with Crippen LogP contribution in [0.1, 0.15) is 29.9 Å². The zero-order valence-electron chi connectivity index (χ0n) is 12.1. The van der Waals surface area contributed by atoms with Crippen LogP contribution in [0.25, 0.3) is 0 Å². The van der Waals surface area contributed by atoms with E-state index >= 15 is 0 Å². The van der Waals surface area contributed by atoms with Gasteiger partial charge in [-0.25, -0.2) is 0 Å². The van der Waals surface area contributed by atoms with Crippen LogP contribution in [0, 0.1) is 13.8 Å². The number of furan rings is 1. The van der Waals surface area contributed by atoms with E-state index in [9.17, 15) is 4.79 Å². The number of carbonyl (C=O) groups excluding carboxylic acids is 1. The zero-order chi connectivity index (χ0) is 14.5. The maximum atomic E-state index is 11.9. The third kappa shape index (κ3) is 3.48. The smallest absolute Gasteiger partial charge is 0.238 e. The minimum atomic E-state index is -0.0582. The Morgan fingerprint density at radius 2 is 2.05 bits per heavy atom. The van der Waals surface area contributed by atoms with Crippen LogP contribution in [-0.4, -0.2) is 12.5 Å². The van der Waals surface area contributed by atoms with Gasteiger partial charge in [-0.2, -0.15) is 0 Å². The molecule has 4 nitrogen and oxygen atoms in total. The Morgan fingerprint density at radius 1 is 1.25 bits per heavy atom. The van der Waals surface area contributed by atoms with E-state index in [2.05, 4.69) is 10.6 Å². The van der Waals surface area contributed by atoms with Gasteiger partial charge >= 0.3 is 0 Å². The molecule has 0 unspecified atom stereocenters. The summed E-state index contributed by atoms with van der Waals surface area (Å²) in [7, 11) is 0. The molecule has 106 valence electrons. The van der Waals surface area contributed by atoms with Crippen molar-refractivity contribution >= 4 is 11.6 Å². The zero-order valence-corrected chi connectivity index (χ0v) is 12.1. The molecule has 1 amide bonds. The van der Waals surface area contributed by atoms with E-state index in [0.717, 1.165) is 17.0 Å². The largest absolute Gasteiger partial charge is 0.468 e. The lowest BCUT2D eigenvalue weighted by atomic mass is 10.1. The number of carbonyl (C=O) groups is 1. The van der Waals surface area contributed by atoms with Crippen molar-refractivity contribution in [1.29, 1.82) is 0 Å². The SMILES string of the molecule is Cc1cccc(NC(=O)CN[C@H](C)c2ccco2)c1C. The Kier molecular flexibility index (Phi) is 4.58. The fourth-order valence-corrected chi connectivity index (χ4v) is 1.96. The van der Waals surface area contributed by atoms with Gasteiger partial charge in [0.05, 0.1) is 18.8 Å². The van der Waals surface area contributed by atoms with E-state index in [-0.39, 0.29) is 18.5 Å². The predicted octanol–water partition coefficient (Wildman–Crippen LogP) is 3.19. The third-order valence-corrected chi connectivity index (χ3v) is 3.42. The standard InChI is InChI=1S/C16H20N2O2/c1-11-6-4-7-14(12(11)2)18-16(19)10-17-13(3)15-8-5-9-20-15/h4-9,13,17H,10H2,1-3H3,(H,18,19)/t13-/m1/s1. The monoisotopic (exact) mass is 272 g/mol. The van der Waals surface area contributed by atoms with E-state index in [0.29, 0.717) is 0 Å². The van der Waals surface area contributed by atoms with E-state index in [1.807, 2.05) is 51.1 Å². The van der Waals surface area contributed by atoms with Crippen molar-refractivity contribution in [3.63, 3.8) is 0 Å². The van der Waals surface area contributed by atoms with Crippen LogP contribution in [-0.2, 0) is 4.79 Å². The number of anilines is 1. The van der Waals surface area contributed by atoms with Gasteiger partial charge in [0.15, 0.2) is 0 Å². The summed E-state index contributed by atoms with van der Waals surface area (Å²) >= 11 is 0. The summed E-state index contributed by atoms with van der Waals surface area (Å²) in [5, 5.41) is 6.05. The predicted molar refractivity (Wildman–Crippen MR) is 79.7 cm³/mol. The van der Waals surface area contributed by atoms with Crippen molar-refractivity contribution in [2.45, 2.75) is 26.8 Å². The molecule has 0 bridgehead atoms. The first-order chi connectivity index (χ1) is 9.58. The Bertz CT molecular complexity index is 576. The molecule has 0 aliphatic heterocycles. The second kappa shape index (κ2) is 6.39. The van der Waals surface area contributed by atoms with Crippen LogP contribution in [0.2, 0.25) is 0 Å². The fraction of sp³-hybridized carbons (Fsp3) is 0.312. The fourth-order valence-electron chi connectivity index (χ4n) is 1.96. The first-order valence-electron chi connectivity index (χ1n) is 6.71. The van der Waals surface area contributed by atoms with Gasteiger partial charge in [-0.15, -0.1) is 0 Å². The van der Waals surface area contributed by atoms with Gasteiger partial charge in [-0.1, -0.05) is 12.1 Å². The highest BCUT2D eigenvalue weighted by atomic mass is 16.3. The van der Waals surface area contributed by atoms with E-state index in [4.69, 9.17) is 4.42 Å². The molecular formula is C16H20N2O2. The number of hydrogen-bond acceptors (Lipinski definition) is 3. The highest BCUT2D eigenvalue weighted by Crippen LogP contribution is 2.18. The minimum absolute atomic E-state index is 0.00866. The third-order valence-electron chi connectivity index (χ3n) is 3.42. The quantitative estimate of drug-likeness (QED) is 0.879. The Balaban J connectivity index is 1.88. The molecule has 20 heavy (non-hydrogen) atoms. The van der Waals surface area contributed by atoms with Crippen LogP contribution in [0.15, 0.2) is 41.0 Å². The van der Waals surface area contributed by atoms with Crippen molar-refractivity contribution in [3.05, 3.63) is 53.5 Å². The molecule has 2 aromatic rings. The average Bonchev–Trinajstić information content (AvgIpc) is 2.95. The molecule has 1 aromatic carbocycles. The Hall–Kier alpha value is -2.07. The van der Waals surface area contributed by atoms with E-state index in [1.54, 1.807) is 6.26 Å². The molecule has 0 fully saturated rings. The molecule has 0 aliphatic carbocycles. The summed E-state index contributed by atoms with van der Waals surface area (Å²) in [6, 6.07) is 9.62. The van der Waals surface area contributed by atoms with Crippen molar-refractivity contribution in [2.75, 3.05) is 11.9 Å². The number of nitrogens with one attached hydrogen (secondary N) is 2. The molecule has 0 saturated heterocycles. The van der Waals surface area contributed by atoms with Gasteiger partial charge in [-0.3, -0.25) is 10.1 Å². The summed E-state index contributed by atoms with van der Waals surface area (Å²) in [6.07, 6.45) is 1.63. The Labute approximate surface area is 119 Å². The molecule has 2 rings (SSSR count). The van der Waals surface area contributed by atoms with Gasteiger partial charge in [0, 0.05) is 5.69 Å². The molecule has 1 heterocycles. The molecule has 1 atom stereocenters. The van der Waals surface area contributed by atoms with Crippen LogP contribution >= 0.6 is 0 Å². The number of amides is 1. The Morgan fingerprint density at radius 3 is 2.75 bits per heavy atom. The molecule has 0 radical (unpaired) electrons. The van der Waals surface area contributed by atoms with Gasteiger partial charge in [-0.05, 0) is 50.1 Å². The highest BCUT2D eigenvalue weighted by molar-refractivity contribution is 5.93. The second-order valence-electron chi connectivity index (χ2n) is 4.91. The van der Waals surface area contributed by atoms with Crippen LogP contribution in [0.5, 0.6) is 0 Å². The van der Waals surface area contributed by atoms with Crippen molar-refractivity contribution in [3.8, 4) is 0 Å². The number of rotatable bonds is 5. The molecule has 0 saturated carbocycles. The molecular weight excluding hydrogens is 252 g/mol. The van der Waals surface area contributed by atoms with Crippen LogP contribution in [0.3, 0.4) is 0 Å². The van der Waals surface area contributed by atoms with Gasteiger partial charge < -0.3 is 9.73 Å². The van der Waals surface area contributed by atoms with Crippen molar-refractivity contribution in [2.24, 2.45) is 0 Å². The lowest BCUT2D eigenvalue weighted by Gasteiger charge is -2.13. The van der Waals surface area contributed by atoms with Crippen molar-refractivity contribution in [1.82, 2.24) is 5.32 Å². The normalized spacial score (nSPS) is 12.2. The first-order valence-corrected chi connectivity index (χ1v) is 6.71. The first kappa shape index (κ1) is 14.3. The number of aryl methyl sites for hydroxylation is 1. The lowest BCUT2D eigenvalue weighted by molar-refractivity contribution is -0.115. The van der Waals surface area contributed by atoms with Gasteiger partial charge in [0.2, 0.25) is 5.91 Å². The molecule has 0 spiro atoms. The molecule has 4 heteroatoms. The van der Waals surface area contributed by atoms with Crippen molar-refractivity contribution < 1.29 is 9.21 Å². The summed E-state index contributed by atoms with van der Waals surface area (Å²) in [4.78, 5) is 11.9. The lowest BCUT2D eigenvalue weighted by Crippen LogP contribution is -2.30. The minimum Gasteiger partial charge on any atom is -0.468 e. The molecule has 0 aliphatic rings. The van der Waals surface area contributed by atoms with Gasteiger partial charge in [0.25, 0.3) is 0 Å². The summed E-state index contributed by atoms with van der Waals surface area (Å²) in [6.45, 7) is 6.24. The maximum Gasteiger partial charge on any atom is 0.238 e. The molecule has 2 N–H and O–H groups in total. The summed E-state index contributed by atoms with van der Waals surface area (Å²) in [5.41, 5.74) is 3.13. The topological polar surface area (TPSA) is 54.3 Å². The van der Waals surface area contributed by atoms with Crippen LogP contribution in [0.4, 0.5) is 5.69 Å². The number of benzene rings is 1. The van der Waals surface area contributed by atoms with Gasteiger partial charge in [0.1, 0.15) is 5.76 Å². The van der Waals surface area contributed by atoms with E-state index in [1.165, 1.54) is 5.56 Å². The second-order valence-corrected chi connectivity index (χ2v) is 4.91. The highest BCUT2D eigenvalue weighted by Gasteiger charge is 2.10. The van der Waals surface area contributed by atoms with Crippen LogP contribution < -0.4 is 10.6 Å². The summed E-state index contributed by atoms with van der Waals surface area (Å²) in [5.74, 6) is 0.765.